The Morgan fingerprint density at radius 2 is 1.59 bits per heavy atom. The maximum absolute atomic E-state index is 11.0. The highest BCUT2D eigenvalue weighted by Gasteiger charge is 2.16. The third-order valence-corrected chi connectivity index (χ3v) is 2.60. The SMILES string of the molecule is COc1ccc(OS(C)(=O)=O)c(CO)c1CO. The zero-order valence-electron chi connectivity index (χ0n) is 9.50. The number of aliphatic hydroxyl groups excluding tert-OH is 2. The first-order chi connectivity index (χ1) is 7.92. The van der Waals surface area contributed by atoms with Gasteiger partial charge in [0.25, 0.3) is 0 Å². The van der Waals surface area contributed by atoms with Crippen LogP contribution >= 0.6 is 0 Å². The van der Waals surface area contributed by atoms with E-state index in [9.17, 15) is 18.6 Å². The van der Waals surface area contributed by atoms with Crippen LogP contribution in [0.25, 0.3) is 0 Å². The number of ether oxygens (including phenoxy) is 1. The summed E-state index contributed by atoms with van der Waals surface area (Å²) in [7, 11) is -2.28. The van der Waals surface area contributed by atoms with Crippen molar-refractivity contribution in [3.63, 3.8) is 0 Å². The molecule has 0 saturated carbocycles. The summed E-state index contributed by atoms with van der Waals surface area (Å²) < 4.78 is 31.7. The summed E-state index contributed by atoms with van der Waals surface area (Å²) in [6, 6.07) is 2.83. The van der Waals surface area contributed by atoms with Crippen LogP contribution < -0.4 is 8.92 Å². The Labute approximate surface area is 99.5 Å². The van der Waals surface area contributed by atoms with E-state index >= 15 is 0 Å². The molecule has 1 aromatic rings. The fourth-order valence-corrected chi connectivity index (χ4v) is 1.91. The third-order valence-electron chi connectivity index (χ3n) is 2.12. The smallest absolute Gasteiger partial charge is 0.306 e. The standard InChI is InChI=1S/C10H14O6S/c1-15-9-3-4-10(16-17(2,13)14)8(6-12)7(9)5-11/h3-4,11-12H,5-6H2,1-2H3. The average molecular weight is 262 g/mol. The molecular weight excluding hydrogens is 248 g/mol. The van der Waals surface area contributed by atoms with Gasteiger partial charge in [-0.1, -0.05) is 0 Å². The van der Waals surface area contributed by atoms with Crippen molar-refractivity contribution >= 4 is 10.1 Å². The van der Waals surface area contributed by atoms with E-state index in [0.29, 0.717) is 11.3 Å². The molecule has 0 unspecified atom stereocenters. The maximum Gasteiger partial charge on any atom is 0.306 e. The van der Waals surface area contributed by atoms with Gasteiger partial charge < -0.3 is 19.1 Å². The van der Waals surface area contributed by atoms with Crippen molar-refractivity contribution in [2.24, 2.45) is 0 Å². The molecule has 0 spiro atoms. The van der Waals surface area contributed by atoms with E-state index in [1.165, 1.54) is 19.2 Å². The maximum atomic E-state index is 11.0. The van der Waals surface area contributed by atoms with E-state index < -0.39 is 16.7 Å². The summed E-state index contributed by atoms with van der Waals surface area (Å²) in [5.74, 6) is 0.345. The number of rotatable bonds is 5. The molecule has 0 aliphatic rings. The monoisotopic (exact) mass is 262 g/mol. The van der Waals surface area contributed by atoms with Gasteiger partial charge in [-0.3, -0.25) is 0 Å². The molecule has 0 fully saturated rings. The fraction of sp³-hybridized carbons (Fsp3) is 0.400. The normalized spacial score (nSPS) is 11.3. The lowest BCUT2D eigenvalue weighted by Gasteiger charge is -2.14. The average Bonchev–Trinajstić information content (AvgIpc) is 2.26. The molecule has 7 heteroatoms. The molecule has 0 atom stereocenters. The summed E-state index contributed by atoms with van der Waals surface area (Å²) in [4.78, 5) is 0. The van der Waals surface area contributed by atoms with Gasteiger partial charge >= 0.3 is 10.1 Å². The van der Waals surface area contributed by atoms with Gasteiger partial charge in [-0.05, 0) is 12.1 Å². The second-order valence-electron chi connectivity index (χ2n) is 3.33. The van der Waals surface area contributed by atoms with E-state index in [2.05, 4.69) is 0 Å². The minimum Gasteiger partial charge on any atom is -0.496 e. The lowest BCUT2D eigenvalue weighted by molar-refractivity contribution is 0.251. The lowest BCUT2D eigenvalue weighted by atomic mass is 10.1. The van der Waals surface area contributed by atoms with Crippen LogP contribution in [0.15, 0.2) is 12.1 Å². The fourth-order valence-electron chi connectivity index (χ4n) is 1.43. The van der Waals surface area contributed by atoms with Crippen molar-refractivity contribution in [3.8, 4) is 11.5 Å². The quantitative estimate of drug-likeness (QED) is 0.727. The Bertz CT molecular complexity index is 494. The van der Waals surface area contributed by atoms with Gasteiger partial charge in [-0.15, -0.1) is 0 Å². The minimum absolute atomic E-state index is 0.0140. The van der Waals surface area contributed by atoms with Crippen LogP contribution in [-0.2, 0) is 23.3 Å². The molecule has 17 heavy (non-hydrogen) atoms. The minimum atomic E-state index is -3.69. The van der Waals surface area contributed by atoms with E-state index in [1.54, 1.807) is 0 Å². The van der Waals surface area contributed by atoms with E-state index in [1.807, 2.05) is 0 Å². The van der Waals surface area contributed by atoms with Crippen molar-refractivity contribution in [2.45, 2.75) is 13.2 Å². The molecule has 0 heterocycles. The van der Waals surface area contributed by atoms with Gasteiger partial charge in [0.15, 0.2) is 0 Å². The number of benzene rings is 1. The molecule has 0 radical (unpaired) electrons. The summed E-state index contributed by atoms with van der Waals surface area (Å²) in [6.45, 7) is -0.849. The molecule has 2 N–H and O–H groups in total. The van der Waals surface area contributed by atoms with E-state index in [0.717, 1.165) is 6.26 Å². The van der Waals surface area contributed by atoms with Gasteiger partial charge in [-0.2, -0.15) is 8.42 Å². The highest BCUT2D eigenvalue weighted by Crippen LogP contribution is 2.31. The first-order valence-corrected chi connectivity index (χ1v) is 6.54. The number of hydrogen-bond acceptors (Lipinski definition) is 6. The summed E-state index contributed by atoms with van der Waals surface area (Å²) in [5, 5.41) is 18.4. The Balaban J connectivity index is 3.33. The summed E-state index contributed by atoms with van der Waals surface area (Å²) in [6.07, 6.45) is 0.900. The first-order valence-electron chi connectivity index (χ1n) is 4.72. The largest absolute Gasteiger partial charge is 0.496 e. The highest BCUT2D eigenvalue weighted by atomic mass is 32.2. The first kappa shape index (κ1) is 13.8. The molecule has 96 valence electrons. The van der Waals surface area contributed by atoms with Crippen LogP contribution in [0, 0.1) is 0 Å². The van der Waals surface area contributed by atoms with Gasteiger partial charge in [0.05, 0.1) is 26.6 Å². The van der Waals surface area contributed by atoms with Crippen LogP contribution in [0.3, 0.4) is 0 Å². The Kier molecular flexibility index (Phi) is 4.33. The second kappa shape index (κ2) is 5.35. The Hall–Kier alpha value is -1.31. The van der Waals surface area contributed by atoms with Crippen LogP contribution in [-0.4, -0.2) is 32.0 Å². The molecule has 1 rings (SSSR count). The zero-order valence-corrected chi connectivity index (χ0v) is 10.3. The van der Waals surface area contributed by atoms with Crippen molar-refractivity contribution in [2.75, 3.05) is 13.4 Å². The van der Waals surface area contributed by atoms with Crippen molar-refractivity contribution in [1.29, 1.82) is 0 Å². The Morgan fingerprint density at radius 3 is 2.00 bits per heavy atom. The summed E-state index contributed by atoms with van der Waals surface area (Å²) in [5.41, 5.74) is 0.494. The van der Waals surface area contributed by atoms with E-state index in [4.69, 9.17) is 8.92 Å². The Morgan fingerprint density at radius 1 is 1.12 bits per heavy atom. The predicted octanol–water partition coefficient (Wildman–Crippen LogP) is 0.0182. The predicted molar refractivity (Wildman–Crippen MR) is 60.3 cm³/mol. The molecule has 0 saturated heterocycles. The summed E-state index contributed by atoms with van der Waals surface area (Å²) >= 11 is 0. The number of aliphatic hydroxyl groups is 2. The molecule has 0 aliphatic carbocycles. The number of methoxy groups -OCH3 is 1. The zero-order chi connectivity index (χ0) is 13.1. The van der Waals surface area contributed by atoms with Crippen molar-refractivity contribution < 1.29 is 27.6 Å². The van der Waals surface area contributed by atoms with Gasteiger partial charge in [-0.25, -0.2) is 0 Å². The van der Waals surface area contributed by atoms with Crippen LogP contribution in [0.4, 0.5) is 0 Å². The van der Waals surface area contributed by atoms with Crippen molar-refractivity contribution in [3.05, 3.63) is 23.3 Å². The molecule has 0 aromatic heterocycles. The third kappa shape index (κ3) is 3.32. The van der Waals surface area contributed by atoms with Crippen LogP contribution in [0.2, 0.25) is 0 Å². The van der Waals surface area contributed by atoms with Gasteiger partial charge in [0.2, 0.25) is 0 Å². The molecule has 0 bridgehead atoms. The molecule has 6 nitrogen and oxygen atoms in total. The molecular formula is C10H14O6S. The van der Waals surface area contributed by atoms with Crippen molar-refractivity contribution in [1.82, 2.24) is 0 Å². The molecule has 1 aromatic carbocycles. The highest BCUT2D eigenvalue weighted by molar-refractivity contribution is 7.86. The van der Waals surface area contributed by atoms with Gasteiger partial charge in [0, 0.05) is 11.1 Å². The topological polar surface area (TPSA) is 93.1 Å². The van der Waals surface area contributed by atoms with Gasteiger partial charge in [0.1, 0.15) is 11.5 Å². The van der Waals surface area contributed by atoms with Crippen LogP contribution in [0.1, 0.15) is 11.1 Å². The van der Waals surface area contributed by atoms with E-state index in [-0.39, 0.29) is 17.9 Å². The van der Waals surface area contributed by atoms with Crippen LogP contribution in [0.5, 0.6) is 11.5 Å². The lowest BCUT2D eigenvalue weighted by Crippen LogP contribution is -2.09. The molecule has 0 aliphatic heterocycles. The second-order valence-corrected chi connectivity index (χ2v) is 4.90. The molecule has 0 amide bonds. The number of hydrogen-bond donors (Lipinski definition) is 2.